The van der Waals surface area contributed by atoms with Crippen molar-refractivity contribution in [2.24, 2.45) is 0 Å². The number of pyridine rings is 2. The lowest BCUT2D eigenvalue weighted by molar-refractivity contribution is 0.257. The molecule has 0 radical (unpaired) electrons. The van der Waals surface area contributed by atoms with E-state index in [1.165, 1.54) is 25.7 Å². The number of unbranched alkanes of at least 4 members (excludes halogenated alkanes) is 2. The van der Waals surface area contributed by atoms with Crippen LogP contribution in [0.1, 0.15) is 39.5 Å². The minimum Gasteiger partial charge on any atom is -0.354 e. The largest absolute Gasteiger partial charge is 0.354 e. The predicted octanol–water partition coefficient (Wildman–Crippen LogP) is 6.05. The van der Waals surface area contributed by atoms with Crippen LogP contribution < -0.4 is 10.9 Å². The van der Waals surface area contributed by atoms with Crippen molar-refractivity contribution in [3.8, 4) is 0 Å². The van der Waals surface area contributed by atoms with Crippen molar-refractivity contribution in [2.45, 2.75) is 46.1 Å². The van der Waals surface area contributed by atoms with Crippen LogP contribution in [0, 0.1) is 0 Å². The van der Waals surface area contributed by atoms with Gasteiger partial charge in [0.2, 0.25) is 0 Å². The van der Waals surface area contributed by atoms with Crippen LogP contribution in [0.2, 0.25) is 0 Å². The molecule has 2 heterocycles. The molecule has 5 heteroatoms. The number of aromatic nitrogens is 2. The summed E-state index contributed by atoms with van der Waals surface area (Å²) in [6.45, 7) is 8.30. The zero-order chi connectivity index (χ0) is 24.4. The summed E-state index contributed by atoms with van der Waals surface area (Å²) >= 11 is 0. The van der Waals surface area contributed by atoms with Crippen molar-refractivity contribution in [3.05, 3.63) is 81.1 Å². The molecule has 0 amide bonds. The molecule has 0 fully saturated rings. The summed E-state index contributed by atoms with van der Waals surface area (Å²) in [6.07, 6.45) is 4.72. The van der Waals surface area contributed by atoms with Crippen LogP contribution >= 0.6 is 0 Å². The van der Waals surface area contributed by atoms with E-state index in [1.54, 1.807) is 0 Å². The van der Waals surface area contributed by atoms with Crippen LogP contribution in [-0.4, -0.2) is 34.1 Å². The van der Waals surface area contributed by atoms with Gasteiger partial charge in [0.15, 0.2) is 10.9 Å². The Kier molecular flexibility index (Phi) is 6.69. The molecule has 1 N–H and O–H groups in total. The molecule has 0 spiro atoms. The fraction of sp³-hybridized carbons (Fsp3) is 0.333. The van der Waals surface area contributed by atoms with Crippen molar-refractivity contribution >= 4 is 43.6 Å². The van der Waals surface area contributed by atoms with Crippen molar-refractivity contribution in [1.82, 2.24) is 14.5 Å². The summed E-state index contributed by atoms with van der Waals surface area (Å²) in [4.78, 5) is 32.8. The summed E-state index contributed by atoms with van der Waals surface area (Å²) in [5.74, 6) is 0. The SMILES string of the molecule is CCCCN(CCCC)CCn1c2ccccc2c(=O)c2cc3[nH]c4ccccc4c(=O)c3cc21. The highest BCUT2D eigenvalue weighted by Crippen LogP contribution is 2.24. The molecule has 5 rings (SSSR count). The van der Waals surface area contributed by atoms with Gasteiger partial charge in [-0.25, -0.2) is 0 Å². The third-order valence-corrected chi connectivity index (χ3v) is 7.09. The fourth-order valence-corrected chi connectivity index (χ4v) is 5.12. The third kappa shape index (κ3) is 4.37. The van der Waals surface area contributed by atoms with Gasteiger partial charge >= 0.3 is 0 Å². The second kappa shape index (κ2) is 10.0. The second-order valence-corrected chi connectivity index (χ2v) is 9.46. The Morgan fingerprint density at radius 2 is 1.34 bits per heavy atom. The normalized spacial score (nSPS) is 12.0. The van der Waals surface area contributed by atoms with Gasteiger partial charge < -0.3 is 14.5 Å². The van der Waals surface area contributed by atoms with E-state index in [0.717, 1.165) is 48.1 Å². The highest BCUT2D eigenvalue weighted by atomic mass is 16.1. The van der Waals surface area contributed by atoms with Crippen LogP contribution in [0.3, 0.4) is 0 Å². The number of hydrogen-bond donors (Lipinski definition) is 1. The Balaban J connectivity index is 1.71. The van der Waals surface area contributed by atoms with Gasteiger partial charge in [-0.3, -0.25) is 9.59 Å². The molecule has 5 aromatic rings. The number of fused-ring (bicyclic) bond motifs is 4. The third-order valence-electron chi connectivity index (χ3n) is 7.09. The number of rotatable bonds is 9. The molecule has 0 aliphatic rings. The lowest BCUT2D eigenvalue weighted by Gasteiger charge is -2.24. The Morgan fingerprint density at radius 1 is 0.686 bits per heavy atom. The Labute approximate surface area is 205 Å². The standard InChI is InChI=1S/C30H33N3O2/c1-3-5-15-32(16-6-4-2)17-18-33-27-14-10-8-12-22(27)30(35)24-19-26-23(20-28(24)33)29(34)21-11-7-9-13-25(21)31-26/h7-14,19-20H,3-6,15-18H2,1-2H3,(H,31,34). The highest BCUT2D eigenvalue weighted by Gasteiger charge is 2.15. The van der Waals surface area contributed by atoms with Crippen molar-refractivity contribution in [2.75, 3.05) is 19.6 Å². The van der Waals surface area contributed by atoms with Gasteiger partial charge in [0, 0.05) is 40.2 Å². The molecule has 0 atom stereocenters. The van der Waals surface area contributed by atoms with Gasteiger partial charge in [-0.15, -0.1) is 0 Å². The average Bonchev–Trinajstić information content (AvgIpc) is 2.89. The van der Waals surface area contributed by atoms with E-state index >= 15 is 0 Å². The molecule has 0 aliphatic carbocycles. The minimum atomic E-state index is -0.00377. The number of nitrogens with one attached hydrogen (secondary N) is 1. The van der Waals surface area contributed by atoms with Gasteiger partial charge in [0.25, 0.3) is 0 Å². The van der Waals surface area contributed by atoms with E-state index in [1.807, 2.05) is 60.7 Å². The molecule has 35 heavy (non-hydrogen) atoms. The lowest BCUT2D eigenvalue weighted by Crippen LogP contribution is -2.30. The number of aromatic amines is 1. The number of benzene rings is 3. The van der Waals surface area contributed by atoms with Crippen molar-refractivity contribution in [3.63, 3.8) is 0 Å². The van der Waals surface area contributed by atoms with Gasteiger partial charge in [-0.2, -0.15) is 0 Å². The molecule has 2 aromatic heterocycles. The monoisotopic (exact) mass is 467 g/mol. The molecular weight excluding hydrogens is 434 g/mol. The number of hydrogen-bond acceptors (Lipinski definition) is 3. The maximum atomic E-state index is 13.5. The first-order chi connectivity index (χ1) is 17.1. The molecule has 0 unspecified atom stereocenters. The quantitative estimate of drug-likeness (QED) is 0.268. The van der Waals surface area contributed by atoms with Crippen LogP contribution in [-0.2, 0) is 6.54 Å². The first-order valence-electron chi connectivity index (χ1n) is 12.8. The van der Waals surface area contributed by atoms with Crippen LogP contribution in [0.4, 0.5) is 0 Å². The van der Waals surface area contributed by atoms with E-state index in [-0.39, 0.29) is 10.9 Å². The Hall–Kier alpha value is -3.44. The van der Waals surface area contributed by atoms with Crippen LogP contribution in [0.5, 0.6) is 0 Å². The molecule has 180 valence electrons. The molecular formula is C30H33N3O2. The van der Waals surface area contributed by atoms with Crippen LogP contribution in [0.15, 0.2) is 70.3 Å². The smallest absolute Gasteiger partial charge is 0.197 e. The summed E-state index contributed by atoms with van der Waals surface area (Å²) in [6, 6.07) is 19.2. The Morgan fingerprint density at radius 3 is 2.09 bits per heavy atom. The van der Waals surface area contributed by atoms with Crippen LogP contribution in [0.25, 0.3) is 43.6 Å². The molecule has 0 saturated heterocycles. The molecule has 5 nitrogen and oxygen atoms in total. The zero-order valence-corrected chi connectivity index (χ0v) is 20.6. The molecule has 0 saturated carbocycles. The summed E-state index contributed by atoms with van der Waals surface area (Å²) in [7, 11) is 0. The molecule has 3 aromatic carbocycles. The first kappa shape index (κ1) is 23.3. The number of nitrogens with zero attached hydrogens (tertiary/aromatic N) is 2. The maximum Gasteiger partial charge on any atom is 0.197 e. The average molecular weight is 468 g/mol. The van der Waals surface area contributed by atoms with Gasteiger partial charge in [-0.05, 0) is 62.3 Å². The van der Waals surface area contributed by atoms with Gasteiger partial charge in [0.1, 0.15) is 0 Å². The van der Waals surface area contributed by atoms with E-state index in [4.69, 9.17) is 0 Å². The van der Waals surface area contributed by atoms with E-state index in [0.29, 0.717) is 21.7 Å². The van der Waals surface area contributed by atoms with E-state index in [2.05, 4.69) is 28.3 Å². The fourth-order valence-electron chi connectivity index (χ4n) is 5.12. The summed E-state index contributed by atoms with van der Waals surface area (Å²) < 4.78 is 2.24. The first-order valence-corrected chi connectivity index (χ1v) is 12.8. The number of H-pyrrole nitrogens is 1. The molecule has 0 aliphatic heterocycles. The number of para-hydroxylation sites is 2. The highest BCUT2D eigenvalue weighted by molar-refractivity contribution is 6.03. The molecule has 0 bridgehead atoms. The van der Waals surface area contributed by atoms with E-state index < -0.39 is 0 Å². The topological polar surface area (TPSA) is 58.1 Å². The summed E-state index contributed by atoms with van der Waals surface area (Å²) in [5, 5.41) is 2.65. The van der Waals surface area contributed by atoms with Crippen molar-refractivity contribution < 1.29 is 0 Å². The second-order valence-electron chi connectivity index (χ2n) is 9.46. The van der Waals surface area contributed by atoms with Crippen molar-refractivity contribution in [1.29, 1.82) is 0 Å². The Bertz CT molecular complexity index is 1620. The van der Waals surface area contributed by atoms with Gasteiger partial charge in [-0.1, -0.05) is 51.0 Å². The minimum absolute atomic E-state index is 0.00377. The van der Waals surface area contributed by atoms with E-state index in [9.17, 15) is 9.59 Å². The summed E-state index contributed by atoms with van der Waals surface area (Å²) in [5.41, 5.74) is 3.24. The maximum absolute atomic E-state index is 13.5. The van der Waals surface area contributed by atoms with Gasteiger partial charge in [0.05, 0.1) is 16.6 Å². The predicted molar refractivity (Wildman–Crippen MR) is 148 cm³/mol. The zero-order valence-electron chi connectivity index (χ0n) is 20.6. The lowest BCUT2D eigenvalue weighted by atomic mass is 10.0.